The van der Waals surface area contributed by atoms with Crippen LogP contribution in [-0.4, -0.2) is 34.8 Å². The summed E-state index contributed by atoms with van der Waals surface area (Å²) in [5.41, 5.74) is 0.785. The lowest BCUT2D eigenvalue weighted by Crippen LogP contribution is -2.50. The smallest absolute Gasteiger partial charge is 0.240 e. The summed E-state index contributed by atoms with van der Waals surface area (Å²) in [7, 11) is 0. The number of amides is 2. The van der Waals surface area contributed by atoms with Crippen molar-refractivity contribution < 1.29 is 9.59 Å². The van der Waals surface area contributed by atoms with E-state index in [-0.39, 0.29) is 24.9 Å². The van der Waals surface area contributed by atoms with Gasteiger partial charge in [0.15, 0.2) is 4.47 Å². The molecule has 5 nitrogen and oxygen atoms in total. The molecule has 1 saturated heterocycles. The second-order valence-corrected chi connectivity index (χ2v) is 4.65. The Bertz CT molecular complexity index is 390. The van der Waals surface area contributed by atoms with Gasteiger partial charge >= 0.3 is 0 Å². The molecule has 15 heavy (non-hydrogen) atoms. The van der Waals surface area contributed by atoms with E-state index in [2.05, 4.69) is 10.3 Å². The highest BCUT2D eigenvalue weighted by atomic mass is 35.5. The van der Waals surface area contributed by atoms with Gasteiger partial charge in [0.25, 0.3) is 0 Å². The highest BCUT2D eigenvalue weighted by Crippen LogP contribution is 2.16. The Kier molecular flexibility index (Phi) is 2.99. The first kappa shape index (κ1) is 10.5. The van der Waals surface area contributed by atoms with Crippen molar-refractivity contribution in [3.8, 4) is 0 Å². The molecule has 1 aromatic heterocycles. The molecule has 1 aliphatic rings. The minimum Gasteiger partial charge on any atom is -0.294 e. The van der Waals surface area contributed by atoms with Gasteiger partial charge in [-0.25, -0.2) is 4.98 Å². The fourth-order valence-corrected chi connectivity index (χ4v) is 2.17. The first-order valence-corrected chi connectivity index (χ1v) is 5.54. The summed E-state index contributed by atoms with van der Waals surface area (Å²) in [4.78, 5) is 27.9. The van der Waals surface area contributed by atoms with Crippen molar-refractivity contribution in [1.29, 1.82) is 0 Å². The van der Waals surface area contributed by atoms with Crippen molar-refractivity contribution in [3.63, 3.8) is 0 Å². The number of piperazine rings is 1. The molecule has 0 aromatic carbocycles. The van der Waals surface area contributed by atoms with Crippen LogP contribution in [0.1, 0.15) is 5.69 Å². The minimum absolute atomic E-state index is 0.223. The molecule has 0 spiro atoms. The van der Waals surface area contributed by atoms with Gasteiger partial charge in [-0.3, -0.25) is 19.8 Å². The van der Waals surface area contributed by atoms with Gasteiger partial charge in [-0.1, -0.05) is 11.6 Å². The number of carbonyl (C=O) groups is 2. The Labute approximate surface area is 95.0 Å². The average molecular weight is 246 g/mol. The van der Waals surface area contributed by atoms with E-state index in [1.54, 1.807) is 4.90 Å². The number of halogens is 1. The number of nitrogens with one attached hydrogen (secondary N) is 1. The Hall–Kier alpha value is -0.980. The number of aromatic nitrogens is 1. The molecule has 0 atom stereocenters. The molecule has 2 rings (SSSR count). The van der Waals surface area contributed by atoms with E-state index in [0.29, 0.717) is 11.0 Å². The third-order valence-corrected chi connectivity index (χ3v) is 2.95. The fraction of sp³-hybridized carbons (Fsp3) is 0.375. The summed E-state index contributed by atoms with van der Waals surface area (Å²) in [6, 6.07) is 0. The summed E-state index contributed by atoms with van der Waals surface area (Å²) in [5, 5.41) is 4.06. The molecule has 0 radical (unpaired) electrons. The molecule has 2 heterocycles. The van der Waals surface area contributed by atoms with E-state index in [4.69, 9.17) is 11.6 Å². The SMILES string of the molecule is O=C1CN(Cc2csc(Cl)n2)CC(=O)N1. The summed E-state index contributed by atoms with van der Waals surface area (Å²) in [6.07, 6.45) is 0. The molecular formula is C8H8ClN3O2S. The lowest BCUT2D eigenvalue weighted by molar-refractivity contribution is -0.136. The van der Waals surface area contributed by atoms with Crippen molar-refractivity contribution in [2.75, 3.05) is 13.1 Å². The maximum atomic E-state index is 11.1. The van der Waals surface area contributed by atoms with Crippen LogP contribution in [-0.2, 0) is 16.1 Å². The van der Waals surface area contributed by atoms with Crippen molar-refractivity contribution in [2.24, 2.45) is 0 Å². The van der Waals surface area contributed by atoms with Crippen LogP contribution in [0.5, 0.6) is 0 Å². The summed E-state index contributed by atoms with van der Waals surface area (Å²) in [6.45, 7) is 0.921. The third-order valence-electron chi connectivity index (χ3n) is 1.92. The Morgan fingerprint density at radius 3 is 2.67 bits per heavy atom. The maximum Gasteiger partial charge on any atom is 0.240 e. The third kappa shape index (κ3) is 2.74. The molecular weight excluding hydrogens is 238 g/mol. The normalized spacial score (nSPS) is 17.9. The van der Waals surface area contributed by atoms with Gasteiger partial charge in [-0.2, -0.15) is 0 Å². The van der Waals surface area contributed by atoms with Gasteiger partial charge in [0.1, 0.15) is 0 Å². The van der Waals surface area contributed by atoms with Gasteiger partial charge in [0.2, 0.25) is 11.8 Å². The maximum absolute atomic E-state index is 11.1. The van der Waals surface area contributed by atoms with E-state index in [1.165, 1.54) is 11.3 Å². The summed E-state index contributed by atoms with van der Waals surface area (Å²) >= 11 is 7.01. The lowest BCUT2D eigenvalue weighted by atomic mass is 10.3. The number of thiazole rings is 1. The largest absolute Gasteiger partial charge is 0.294 e. The molecule has 0 aliphatic carbocycles. The Morgan fingerprint density at radius 2 is 2.13 bits per heavy atom. The van der Waals surface area contributed by atoms with Gasteiger partial charge in [0, 0.05) is 11.9 Å². The topological polar surface area (TPSA) is 62.3 Å². The number of nitrogens with zero attached hydrogens (tertiary/aromatic N) is 2. The second-order valence-electron chi connectivity index (χ2n) is 3.21. The minimum atomic E-state index is -0.271. The van der Waals surface area contributed by atoms with E-state index in [0.717, 1.165) is 5.69 Å². The predicted octanol–water partition coefficient (Wildman–Crippen LogP) is 0.255. The molecule has 2 amide bonds. The number of hydrogen-bond donors (Lipinski definition) is 1. The molecule has 0 unspecified atom stereocenters. The van der Waals surface area contributed by atoms with Crippen molar-refractivity contribution in [2.45, 2.75) is 6.54 Å². The Morgan fingerprint density at radius 1 is 1.47 bits per heavy atom. The fourth-order valence-electron chi connectivity index (χ4n) is 1.39. The molecule has 1 fully saturated rings. The monoisotopic (exact) mass is 245 g/mol. The van der Waals surface area contributed by atoms with E-state index in [9.17, 15) is 9.59 Å². The van der Waals surface area contributed by atoms with Crippen molar-refractivity contribution >= 4 is 34.8 Å². The summed E-state index contributed by atoms with van der Waals surface area (Å²) in [5.74, 6) is -0.542. The quantitative estimate of drug-likeness (QED) is 0.759. The van der Waals surface area contributed by atoms with Crippen LogP contribution in [0, 0.1) is 0 Å². The second kappa shape index (κ2) is 4.26. The van der Waals surface area contributed by atoms with Crippen molar-refractivity contribution in [3.05, 3.63) is 15.5 Å². The predicted molar refractivity (Wildman–Crippen MR) is 55.6 cm³/mol. The van der Waals surface area contributed by atoms with Gasteiger partial charge < -0.3 is 0 Å². The van der Waals surface area contributed by atoms with Crippen LogP contribution in [0.3, 0.4) is 0 Å². The average Bonchev–Trinajstić information content (AvgIpc) is 2.49. The Balaban J connectivity index is 2.00. The molecule has 1 aliphatic heterocycles. The van der Waals surface area contributed by atoms with E-state index < -0.39 is 0 Å². The standard InChI is InChI=1S/C8H8ClN3O2S/c9-8-10-5(4-15-8)1-12-2-6(13)11-7(14)3-12/h4H,1-3H2,(H,11,13,14). The van der Waals surface area contributed by atoms with Crippen LogP contribution < -0.4 is 5.32 Å². The first-order valence-electron chi connectivity index (χ1n) is 4.28. The number of imide groups is 1. The number of carbonyl (C=O) groups excluding carboxylic acids is 2. The zero-order valence-corrected chi connectivity index (χ0v) is 9.27. The van der Waals surface area contributed by atoms with E-state index in [1.807, 2.05) is 5.38 Å². The van der Waals surface area contributed by atoms with Crippen LogP contribution in [0.4, 0.5) is 0 Å². The number of hydrogen-bond acceptors (Lipinski definition) is 5. The molecule has 1 N–H and O–H groups in total. The van der Waals surface area contributed by atoms with Gasteiger partial charge in [-0.15, -0.1) is 11.3 Å². The zero-order chi connectivity index (χ0) is 10.8. The molecule has 0 bridgehead atoms. The number of rotatable bonds is 2. The molecule has 7 heteroatoms. The first-order chi connectivity index (χ1) is 7.13. The zero-order valence-electron chi connectivity index (χ0n) is 7.70. The molecule has 80 valence electrons. The van der Waals surface area contributed by atoms with Gasteiger partial charge in [-0.05, 0) is 0 Å². The van der Waals surface area contributed by atoms with Crippen LogP contribution >= 0.6 is 22.9 Å². The molecule has 0 saturated carbocycles. The highest BCUT2D eigenvalue weighted by Gasteiger charge is 2.22. The van der Waals surface area contributed by atoms with Crippen molar-refractivity contribution in [1.82, 2.24) is 15.2 Å². The van der Waals surface area contributed by atoms with Crippen LogP contribution in [0.15, 0.2) is 5.38 Å². The summed E-state index contributed by atoms with van der Waals surface area (Å²) < 4.78 is 0.470. The van der Waals surface area contributed by atoms with E-state index >= 15 is 0 Å². The highest BCUT2D eigenvalue weighted by molar-refractivity contribution is 7.13. The van der Waals surface area contributed by atoms with Gasteiger partial charge in [0.05, 0.1) is 18.8 Å². The lowest BCUT2D eigenvalue weighted by Gasteiger charge is -2.24. The van der Waals surface area contributed by atoms with Crippen LogP contribution in [0.25, 0.3) is 0 Å². The van der Waals surface area contributed by atoms with Crippen LogP contribution in [0.2, 0.25) is 4.47 Å². The molecule has 1 aromatic rings.